The quantitative estimate of drug-likeness (QED) is 0.898. The fraction of sp³-hybridized carbons (Fsp3) is 0.600. The van der Waals surface area contributed by atoms with Crippen molar-refractivity contribution in [2.45, 2.75) is 37.7 Å². The molecule has 1 aromatic rings. The van der Waals surface area contributed by atoms with Crippen LogP contribution in [0.4, 0.5) is 0 Å². The van der Waals surface area contributed by atoms with E-state index in [1.807, 2.05) is 4.90 Å². The lowest BCUT2D eigenvalue weighted by molar-refractivity contribution is -0.170. The highest BCUT2D eigenvalue weighted by atomic mass is 16.5. The van der Waals surface area contributed by atoms with Crippen molar-refractivity contribution in [1.82, 2.24) is 9.80 Å². The van der Waals surface area contributed by atoms with Crippen molar-refractivity contribution < 1.29 is 19.4 Å². The number of piperidine rings is 1. The number of rotatable bonds is 3. The molecule has 26 heavy (non-hydrogen) atoms. The Bertz CT molecular complexity index is 689. The van der Waals surface area contributed by atoms with Gasteiger partial charge in [-0.15, -0.1) is 0 Å². The molecule has 0 bridgehead atoms. The van der Waals surface area contributed by atoms with E-state index in [1.54, 1.807) is 23.1 Å². The second-order valence-corrected chi connectivity index (χ2v) is 7.91. The van der Waals surface area contributed by atoms with Crippen LogP contribution in [0.25, 0.3) is 0 Å². The highest BCUT2D eigenvalue weighted by molar-refractivity contribution is 5.95. The van der Waals surface area contributed by atoms with Crippen molar-refractivity contribution >= 4 is 11.8 Å². The van der Waals surface area contributed by atoms with E-state index in [0.29, 0.717) is 37.6 Å². The van der Waals surface area contributed by atoms with Crippen molar-refractivity contribution in [3.05, 3.63) is 29.8 Å². The van der Waals surface area contributed by atoms with Crippen LogP contribution in [0, 0.1) is 5.92 Å². The number of carbonyl (C=O) groups excluding carboxylic acids is 2. The van der Waals surface area contributed by atoms with Gasteiger partial charge in [-0.25, -0.2) is 0 Å². The molecule has 1 N–H and O–H groups in total. The Morgan fingerprint density at radius 3 is 2.85 bits per heavy atom. The number of benzene rings is 1. The summed E-state index contributed by atoms with van der Waals surface area (Å²) in [5.74, 6) is 0.729. The predicted molar refractivity (Wildman–Crippen MR) is 95.8 cm³/mol. The molecular weight excluding hydrogens is 332 g/mol. The molecule has 3 aliphatic heterocycles. The van der Waals surface area contributed by atoms with Gasteiger partial charge in [-0.2, -0.15) is 0 Å². The van der Waals surface area contributed by atoms with Crippen LogP contribution in [0.2, 0.25) is 0 Å². The monoisotopic (exact) mass is 358 g/mol. The first-order chi connectivity index (χ1) is 12.5. The zero-order valence-corrected chi connectivity index (χ0v) is 15.0. The van der Waals surface area contributed by atoms with Gasteiger partial charge in [0.15, 0.2) is 0 Å². The van der Waals surface area contributed by atoms with E-state index in [0.717, 1.165) is 38.8 Å². The number of aromatic hydroxyl groups is 1. The number of hydrogen-bond donors (Lipinski definition) is 1. The molecule has 3 fully saturated rings. The van der Waals surface area contributed by atoms with Crippen LogP contribution in [-0.4, -0.2) is 65.1 Å². The van der Waals surface area contributed by atoms with Gasteiger partial charge in [-0.1, -0.05) is 6.07 Å². The van der Waals surface area contributed by atoms with Crippen molar-refractivity contribution in [2.24, 2.45) is 5.92 Å². The fourth-order valence-corrected chi connectivity index (χ4v) is 4.29. The molecule has 4 rings (SSSR count). The predicted octanol–water partition coefficient (Wildman–Crippen LogP) is 2.03. The molecule has 2 amide bonds. The summed E-state index contributed by atoms with van der Waals surface area (Å²) in [6.07, 6.45) is 4.78. The number of ether oxygens (including phenoxy) is 1. The Balaban J connectivity index is 1.27. The van der Waals surface area contributed by atoms with Gasteiger partial charge in [-0.05, 0) is 43.9 Å². The first-order valence-electron chi connectivity index (χ1n) is 9.55. The molecule has 3 saturated heterocycles. The van der Waals surface area contributed by atoms with Crippen LogP contribution in [0.15, 0.2) is 24.3 Å². The number of hydrogen-bond acceptors (Lipinski definition) is 4. The normalized spacial score (nSPS) is 25.2. The molecular formula is C20H26N2O4. The third-order valence-corrected chi connectivity index (χ3v) is 5.87. The van der Waals surface area contributed by atoms with E-state index < -0.39 is 0 Å². The maximum atomic E-state index is 12.5. The van der Waals surface area contributed by atoms with Crippen LogP contribution in [-0.2, 0) is 9.53 Å². The molecule has 3 heterocycles. The molecule has 0 radical (unpaired) electrons. The topological polar surface area (TPSA) is 70.1 Å². The highest BCUT2D eigenvalue weighted by Gasteiger charge is 2.48. The van der Waals surface area contributed by atoms with Gasteiger partial charge < -0.3 is 19.6 Å². The summed E-state index contributed by atoms with van der Waals surface area (Å²) in [6, 6.07) is 6.47. The van der Waals surface area contributed by atoms with Gasteiger partial charge in [0.05, 0.1) is 19.7 Å². The highest BCUT2D eigenvalue weighted by Crippen LogP contribution is 2.37. The zero-order valence-electron chi connectivity index (χ0n) is 15.0. The standard InChI is InChI=1S/C20H26N2O4/c23-17-5-3-4-16(10-17)19(25)22-13-20(14-22)8-7-15(12-26-20)11-21-9-2-1-6-18(21)24/h3-5,10,15,23H,1-2,6-9,11-14H2. The van der Waals surface area contributed by atoms with Crippen molar-refractivity contribution in [2.75, 3.05) is 32.8 Å². The summed E-state index contributed by atoms with van der Waals surface area (Å²) < 4.78 is 6.15. The molecule has 6 nitrogen and oxygen atoms in total. The van der Waals surface area contributed by atoms with E-state index in [4.69, 9.17) is 4.74 Å². The van der Waals surface area contributed by atoms with Gasteiger partial charge >= 0.3 is 0 Å². The molecule has 1 spiro atoms. The van der Waals surface area contributed by atoms with E-state index in [2.05, 4.69) is 0 Å². The smallest absolute Gasteiger partial charge is 0.254 e. The lowest BCUT2D eigenvalue weighted by Crippen LogP contribution is -2.66. The Morgan fingerprint density at radius 2 is 2.15 bits per heavy atom. The third-order valence-electron chi connectivity index (χ3n) is 5.87. The van der Waals surface area contributed by atoms with Crippen molar-refractivity contribution in [1.29, 1.82) is 0 Å². The Hall–Kier alpha value is -2.08. The van der Waals surface area contributed by atoms with Crippen LogP contribution in [0.3, 0.4) is 0 Å². The van der Waals surface area contributed by atoms with Crippen LogP contribution in [0.1, 0.15) is 42.5 Å². The molecule has 0 saturated carbocycles. The summed E-state index contributed by atoms with van der Waals surface area (Å²) >= 11 is 0. The molecule has 3 aliphatic rings. The molecule has 1 atom stereocenters. The summed E-state index contributed by atoms with van der Waals surface area (Å²) in [5.41, 5.74) is 0.298. The van der Waals surface area contributed by atoms with Crippen LogP contribution >= 0.6 is 0 Å². The molecule has 0 aliphatic carbocycles. The summed E-state index contributed by atoms with van der Waals surface area (Å²) in [6.45, 7) is 3.57. The zero-order chi connectivity index (χ0) is 18.1. The van der Waals surface area contributed by atoms with Gasteiger partial charge in [0.25, 0.3) is 5.91 Å². The third kappa shape index (κ3) is 3.43. The Labute approximate surface area is 153 Å². The molecule has 6 heteroatoms. The Morgan fingerprint density at radius 1 is 1.31 bits per heavy atom. The van der Waals surface area contributed by atoms with E-state index in [-0.39, 0.29) is 23.2 Å². The van der Waals surface area contributed by atoms with Gasteiger partial charge in [-0.3, -0.25) is 9.59 Å². The lowest BCUT2D eigenvalue weighted by Gasteiger charge is -2.53. The molecule has 0 aromatic heterocycles. The maximum Gasteiger partial charge on any atom is 0.254 e. The van der Waals surface area contributed by atoms with Crippen molar-refractivity contribution in [3.8, 4) is 5.75 Å². The summed E-state index contributed by atoms with van der Waals surface area (Å²) in [4.78, 5) is 28.2. The number of carbonyl (C=O) groups is 2. The SMILES string of the molecule is O=C1CCCCN1CC1CCC2(CN(C(=O)c3cccc(O)c3)C2)OC1. The Kier molecular flexibility index (Phi) is 4.61. The average Bonchev–Trinajstić information content (AvgIpc) is 2.62. The van der Waals surface area contributed by atoms with Crippen LogP contribution < -0.4 is 0 Å². The first-order valence-corrected chi connectivity index (χ1v) is 9.55. The number of phenolic OH excluding ortho intramolecular Hbond substituents is 1. The van der Waals surface area contributed by atoms with Crippen LogP contribution in [0.5, 0.6) is 5.75 Å². The number of amides is 2. The minimum Gasteiger partial charge on any atom is -0.508 e. The fourth-order valence-electron chi connectivity index (χ4n) is 4.29. The van der Waals surface area contributed by atoms with Crippen molar-refractivity contribution in [3.63, 3.8) is 0 Å². The van der Waals surface area contributed by atoms with E-state index in [9.17, 15) is 14.7 Å². The van der Waals surface area contributed by atoms with Gasteiger partial charge in [0, 0.05) is 31.0 Å². The van der Waals surface area contributed by atoms with E-state index >= 15 is 0 Å². The number of nitrogens with zero attached hydrogens (tertiary/aromatic N) is 2. The lowest BCUT2D eigenvalue weighted by atomic mass is 9.82. The molecule has 1 unspecified atom stereocenters. The largest absolute Gasteiger partial charge is 0.508 e. The minimum atomic E-state index is -0.213. The maximum absolute atomic E-state index is 12.5. The number of likely N-dealkylation sites (tertiary alicyclic amines) is 2. The second-order valence-electron chi connectivity index (χ2n) is 7.91. The van der Waals surface area contributed by atoms with Gasteiger partial charge in [0.2, 0.25) is 5.91 Å². The van der Waals surface area contributed by atoms with E-state index in [1.165, 1.54) is 6.07 Å². The second kappa shape index (κ2) is 6.91. The molecule has 1 aromatic carbocycles. The number of phenols is 1. The molecule has 140 valence electrons. The first kappa shape index (κ1) is 17.3. The summed E-state index contributed by atoms with van der Waals surface area (Å²) in [5, 5.41) is 9.54. The summed E-state index contributed by atoms with van der Waals surface area (Å²) in [7, 11) is 0. The average molecular weight is 358 g/mol. The minimum absolute atomic E-state index is 0.0591. The van der Waals surface area contributed by atoms with Gasteiger partial charge in [0.1, 0.15) is 11.4 Å².